The van der Waals surface area contributed by atoms with Gasteiger partial charge in [0.2, 0.25) is 11.8 Å². The first-order valence-electron chi connectivity index (χ1n) is 13.5. The Morgan fingerprint density at radius 3 is 2.12 bits per heavy atom. The Balaban J connectivity index is 1.81. The Hall–Kier alpha value is -4.14. The molecule has 1 N–H and O–H groups in total. The molecule has 0 saturated carbocycles. The van der Waals surface area contributed by atoms with E-state index in [1.165, 1.54) is 30.1 Å². The first-order valence-corrected chi connectivity index (χ1v) is 15.4. The fourth-order valence-corrected chi connectivity index (χ4v) is 6.47. The summed E-state index contributed by atoms with van der Waals surface area (Å²) in [5.74, 6) is -0.879. The van der Waals surface area contributed by atoms with Crippen molar-refractivity contribution in [2.45, 2.75) is 37.8 Å². The Morgan fingerprint density at radius 2 is 1.48 bits per heavy atom. The highest BCUT2D eigenvalue weighted by atomic mass is 35.5. The number of rotatable bonds is 11. The molecule has 0 fully saturated rings. The third-order valence-electron chi connectivity index (χ3n) is 7.00. The summed E-state index contributed by atoms with van der Waals surface area (Å²) in [5, 5.41) is 3.03. The van der Waals surface area contributed by atoms with Crippen LogP contribution >= 0.6 is 11.6 Å². The Labute approximate surface area is 252 Å². The number of nitrogens with zero attached hydrogens (tertiary/aromatic N) is 2. The van der Waals surface area contributed by atoms with E-state index in [9.17, 15) is 18.0 Å². The van der Waals surface area contributed by atoms with E-state index in [1.54, 1.807) is 37.3 Å². The van der Waals surface area contributed by atoms with E-state index in [2.05, 4.69) is 5.32 Å². The van der Waals surface area contributed by atoms with Gasteiger partial charge in [0, 0.05) is 25.0 Å². The molecule has 0 spiro atoms. The molecule has 0 bridgehead atoms. The van der Waals surface area contributed by atoms with Crippen LogP contribution in [0.15, 0.2) is 108 Å². The lowest BCUT2D eigenvalue weighted by molar-refractivity contribution is -0.139. The summed E-state index contributed by atoms with van der Waals surface area (Å²) in [6, 6.07) is 29.1. The lowest BCUT2D eigenvalue weighted by Crippen LogP contribution is -2.53. The number of benzene rings is 4. The lowest BCUT2D eigenvalue weighted by atomic mass is 10.0. The molecule has 0 aromatic heterocycles. The Bertz CT molecular complexity index is 1650. The highest BCUT2D eigenvalue weighted by molar-refractivity contribution is 7.92. The second-order valence-corrected chi connectivity index (χ2v) is 12.4. The van der Waals surface area contributed by atoms with Crippen LogP contribution < -0.4 is 9.62 Å². The molecule has 1 unspecified atom stereocenters. The molecule has 0 aliphatic rings. The van der Waals surface area contributed by atoms with Gasteiger partial charge in [0.05, 0.1) is 10.6 Å². The van der Waals surface area contributed by atoms with Crippen LogP contribution in [0, 0.1) is 13.8 Å². The van der Waals surface area contributed by atoms with E-state index in [0.717, 1.165) is 21.0 Å². The number of carbonyl (C=O) groups is 2. The van der Waals surface area contributed by atoms with E-state index in [-0.39, 0.29) is 29.5 Å². The zero-order chi connectivity index (χ0) is 30.3. The summed E-state index contributed by atoms with van der Waals surface area (Å²) in [5.41, 5.74) is 3.61. The van der Waals surface area contributed by atoms with Crippen molar-refractivity contribution in [2.75, 3.05) is 17.9 Å². The minimum absolute atomic E-state index is 0.0366. The predicted octanol–water partition coefficient (Wildman–Crippen LogP) is 5.54. The number of sulfonamides is 1. The maximum absolute atomic E-state index is 14.3. The number of hydrogen-bond donors (Lipinski definition) is 1. The quantitative estimate of drug-likeness (QED) is 0.244. The van der Waals surface area contributed by atoms with Crippen LogP contribution in [0.5, 0.6) is 0 Å². The van der Waals surface area contributed by atoms with Crippen molar-refractivity contribution in [1.29, 1.82) is 0 Å². The highest BCUT2D eigenvalue weighted by Crippen LogP contribution is 2.30. The van der Waals surface area contributed by atoms with Crippen LogP contribution in [0.2, 0.25) is 5.02 Å². The first kappa shape index (κ1) is 30.8. The average molecular weight is 604 g/mol. The van der Waals surface area contributed by atoms with E-state index in [1.807, 2.05) is 61.5 Å². The monoisotopic (exact) mass is 603 g/mol. The van der Waals surface area contributed by atoms with Crippen LogP contribution in [0.4, 0.5) is 5.69 Å². The summed E-state index contributed by atoms with van der Waals surface area (Å²) in [7, 11) is -2.66. The number of nitrogens with one attached hydrogen (secondary N) is 1. The molecule has 7 nitrogen and oxygen atoms in total. The van der Waals surface area contributed by atoms with Crippen molar-refractivity contribution in [3.05, 3.63) is 130 Å². The molecule has 42 heavy (non-hydrogen) atoms. The molecule has 4 rings (SSSR count). The van der Waals surface area contributed by atoms with Crippen molar-refractivity contribution in [3.8, 4) is 0 Å². The van der Waals surface area contributed by atoms with E-state index in [4.69, 9.17) is 11.6 Å². The molecule has 218 valence electrons. The standard InChI is InChI=1S/C33H34ClN3O4S/c1-24-11-10-14-27(19-24)22-36(31(33(39)35-3)20-26-12-6-4-7-13-26)32(38)23-37(30-21-28(34)18-17-25(30)2)42(40,41)29-15-8-5-9-16-29/h4-19,21,31H,20,22-23H2,1-3H3,(H,35,39). The van der Waals surface area contributed by atoms with Crippen molar-refractivity contribution in [1.82, 2.24) is 10.2 Å². The predicted molar refractivity (Wildman–Crippen MR) is 167 cm³/mol. The maximum Gasteiger partial charge on any atom is 0.264 e. The largest absolute Gasteiger partial charge is 0.357 e. The summed E-state index contributed by atoms with van der Waals surface area (Å²) in [6.07, 6.45) is 0.250. The molecule has 4 aromatic carbocycles. The van der Waals surface area contributed by atoms with Crippen LogP contribution in [-0.4, -0.2) is 44.8 Å². The smallest absolute Gasteiger partial charge is 0.264 e. The molecule has 1 atom stereocenters. The van der Waals surface area contributed by atoms with Gasteiger partial charge < -0.3 is 10.2 Å². The van der Waals surface area contributed by atoms with Gasteiger partial charge in [-0.3, -0.25) is 13.9 Å². The molecular formula is C33H34ClN3O4S. The molecule has 0 heterocycles. The fraction of sp³-hybridized carbons (Fsp3) is 0.212. The van der Waals surface area contributed by atoms with Crippen LogP contribution in [0.1, 0.15) is 22.3 Å². The van der Waals surface area contributed by atoms with E-state index < -0.39 is 28.5 Å². The van der Waals surface area contributed by atoms with Gasteiger partial charge in [0.1, 0.15) is 12.6 Å². The molecule has 0 aliphatic carbocycles. The van der Waals surface area contributed by atoms with Crippen LogP contribution in [0.25, 0.3) is 0 Å². The van der Waals surface area contributed by atoms with E-state index in [0.29, 0.717) is 10.6 Å². The van der Waals surface area contributed by atoms with Crippen molar-refractivity contribution >= 4 is 39.1 Å². The molecule has 0 saturated heterocycles. The van der Waals surface area contributed by atoms with Gasteiger partial charge in [0.25, 0.3) is 10.0 Å². The zero-order valence-corrected chi connectivity index (χ0v) is 25.4. The summed E-state index contributed by atoms with van der Waals surface area (Å²) in [4.78, 5) is 29.2. The average Bonchev–Trinajstić information content (AvgIpc) is 2.99. The highest BCUT2D eigenvalue weighted by Gasteiger charge is 2.34. The first-order chi connectivity index (χ1) is 20.1. The summed E-state index contributed by atoms with van der Waals surface area (Å²) >= 11 is 6.31. The topological polar surface area (TPSA) is 86.8 Å². The Kier molecular flexibility index (Phi) is 10.0. The molecule has 9 heteroatoms. The van der Waals surface area contributed by atoms with Gasteiger partial charge in [-0.1, -0.05) is 96.0 Å². The summed E-state index contributed by atoms with van der Waals surface area (Å²) < 4.78 is 29.2. The van der Waals surface area contributed by atoms with Gasteiger partial charge in [-0.2, -0.15) is 0 Å². The summed E-state index contributed by atoms with van der Waals surface area (Å²) in [6.45, 7) is 3.29. The van der Waals surface area contributed by atoms with Crippen molar-refractivity contribution in [2.24, 2.45) is 0 Å². The zero-order valence-electron chi connectivity index (χ0n) is 23.8. The number of carbonyl (C=O) groups excluding carboxylic acids is 2. The number of anilines is 1. The van der Waals surface area contributed by atoms with Gasteiger partial charge in [-0.15, -0.1) is 0 Å². The van der Waals surface area contributed by atoms with Gasteiger partial charge in [-0.05, 0) is 54.8 Å². The minimum atomic E-state index is -4.19. The maximum atomic E-state index is 14.3. The van der Waals surface area contributed by atoms with Crippen molar-refractivity contribution < 1.29 is 18.0 Å². The number of amides is 2. The SMILES string of the molecule is CNC(=O)C(Cc1ccccc1)N(Cc1cccc(C)c1)C(=O)CN(c1cc(Cl)ccc1C)S(=O)(=O)c1ccccc1. The molecule has 4 aromatic rings. The van der Waals surface area contributed by atoms with Crippen LogP contribution in [0.3, 0.4) is 0 Å². The molecule has 2 amide bonds. The molecule has 0 radical (unpaired) electrons. The normalized spacial score (nSPS) is 11.9. The van der Waals surface area contributed by atoms with Crippen molar-refractivity contribution in [3.63, 3.8) is 0 Å². The lowest BCUT2D eigenvalue weighted by Gasteiger charge is -2.34. The third-order valence-corrected chi connectivity index (χ3v) is 9.01. The van der Waals surface area contributed by atoms with Gasteiger partial charge in [-0.25, -0.2) is 8.42 Å². The third kappa shape index (κ3) is 7.38. The number of aryl methyl sites for hydroxylation is 2. The fourth-order valence-electron chi connectivity index (χ4n) is 4.81. The minimum Gasteiger partial charge on any atom is -0.357 e. The molecular weight excluding hydrogens is 570 g/mol. The number of halogens is 1. The van der Waals surface area contributed by atoms with Gasteiger partial charge >= 0.3 is 0 Å². The number of hydrogen-bond acceptors (Lipinski definition) is 4. The molecule has 0 aliphatic heterocycles. The second-order valence-electron chi connectivity index (χ2n) is 10.1. The van der Waals surface area contributed by atoms with Crippen LogP contribution in [-0.2, 0) is 32.6 Å². The Morgan fingerprint density at radius 1 is 0.833 bits per heavy atom. The van der Waals surface area contributed by atoms with E-state index >= 15 is 0 Å². The van der Waals surface area contributed by atoms with Gasteiger partial charge in [0.15, 0.2) is 0 Å². The second kappa shape index (κ2) is 13.7. The number of likely N-dealkylation sites (N-methyl/N-ethyl adjacent to an activating group) is 1.